The van der Waals surface area contributed by atoms with Gasteiger partial charge < -0.3 is 24.7 Å². The lowest BCUT2D eigenvalue weighted by Crippen LogP contribution is -2.51. The predicted molar refractivity (Wildman–Crippen MR) is 128 cm³/mol. The van der Waals surface area contributed by atoms with E-state index >= 15 is 0 Å². The molecule has 4 heterocycles. The van der Waals surface area contributed by atoms with E-state index in [-0.39, 0.29) is 35.9 Å². The number of ether oxygens (including phenoxy) is 2. The Morgan fingerprint density at radius 3 is 2.60 bits per heavy atom. The van der Waals surface area contributed by atoms with Crippen molar-refractivity contribution in [2.45, 2.75) is 25.8 Å². The van der Waals surface area contributed by atoms with Crippen LogP contribution in [-0.4, -0.2) is 35.1 Å². The standard InChI is InChI=1S/C26H24N4O5/c1-4-34-24(32)21-22(27)35-19-13-15(2)30(14-16-9-11-28-12-10-16)23(31)20(19)26(21)17-7-5-6-8-18(17)29(3)25(26)33/h5-13H,4,14,27H2,1-3H3. The van der Waals surface area contributed by atoms with Gasteiger partial charge in [0, 0.05) is 42.5 Å². The first-order chi connectivity index (χ1) is 16.8. The Morgan fingerprint density at radius 1 is 1.17 bits per heavy atom. The summed E-state index contributed by atoms with van der Waals surface area (Å²) in [5, 5.41) is 0. The molecule has 2 aromatic heterocycles. The highest BCUT2D eigenvalue weighted by atomic mass is 16.5. The number of likely N-dealkylation sites (N-methyl/N-ethyl adjacent to an activating group) is 1. The Balaban J connectivity index is 1.87. The summed E-state index contributed by atoms with van der Waals surface area (Å²) < 4.78 is 12.7. The first-order valence-electron chi connectivity index (χ1n) is 11.2. The maximum absolute atomic E-state index is 14.2. The lowest BCUT2D eigenvalue weighted by Gasteiger charge is -2.35. The molecular weight excluding hydrogens is 448 g/mol. The van der Waals surface area contributed by atoms with Crippen LogP contribution in [0, 0.1) is 6.92 Å². The van der Waals surface area contributed by atoms with Crippen molar-refractivity contribution in [1.29, 1.82) is 0 Å². The van der Waals surface area contributed by atoms with Crippen molar-refractivity contribution in [2.75, 3.05) is 18.6 Å². The number of carbonyl (C=O) groups is 2. The quantitative estimate of drug-likeness (QED) is 0.577. The molecule has 0 saturated heterocycles. The Bertz CT molecular complexity index is 1460. The summed E-state index contributed by atoms with van der Waals surface area (Å²) in [7, 11) is 1.60. The first-order valence-corrected chi connectivity index (χ1v) is 11.2. The zero-order valence-corrected chi connectivity index (χ0v) is 19.6. The Morgan fingerprint density at radius 2 is 1.89 bits per heavy atom. The smallest absolute Gasteiger partial charge is 0.341 e. The summed E-state index contributed by atoms with van der Waals surface area (Å²) >= 11 is 0. The molecule has 1 atom stereocenters. The average molecular weight is 473 g/mol. The molecule has 35 heavy (non-hydrogen) atoms. The summed E-state index contributed by atoms with van der Waals surface area (Å²) in [6, 6.07) is 12.3. The molecule has 1 spiro atoms. The van der Waals surface area contributed by atoms with Crippen molar-refractivity contribution in [3.05, 3.63) is 99.1 Å². The van der Waals surface area contributed by atoms with Crippen LogP contribution in [0.3, 0.4) is 0 Å². The Hall–Kier alpha value is -4.40. The van der Waals surface area contributed by atoms with Crippen LogP contribution in [0.15, 0.2) is 71.1 Å². The van der Waals surface area contributed by atoms with Gasteiger partial charge in [-0.3, -0.25) is 14.6 Å². The van der Waals surface area contributed by atoms with E-state index in [1.807, 2.05) is 12.1 Å². The van der Waals surface area contributed by atoms with Gasteiger partial charge in [-0.25, -0.2) is 4.79 Å². The van der Waals surface area contributed by atoms with Gasteiger partial charge in [0.25, 0.3) is 5.56 Å². The number of pyridine rings is 2. The zero-order chi connectivity index (χ0) is 24.9. The van der Waals surface area contributed by atoms with Gasteiger partial charge in [-0.1, -0.05) is 18.2 Å². The maximum atomic E-state index is 14.2. The average Bonchev–Trinajstić information content (AvgIpc) is 3.05. The lowest BCUT2D eigenvalue weighted by molar-refractivity contribution is -0.140. The van der Waals surface area contributed by atoms with Gasteiger partial charge in [-0.15, -0.1) is 0 Å². The fourth-order valence-corrected chi connectivity index (χ4v) is 5.01. The van der Waals surface area contributed by atoms with Crippen LogP contribution in [0.1, 0.15) is 29.3 Å². The maximum Gasteiger partial charge on any atom is 0.341 e. The number of fused-ring (bicyclic) bond motifs is 4. The first kappa shape index (κ1) is 22.4. The molecule has 0 bridgehead atoms. The normalized spacial score (nSPS) is 18.4. The molecule has 178 valence electrons. The van der Waals surface area contributed by atoms with E-state index in [4.69, 9.17) is 15.2 Å². The number of nitrogens with zero attached hydrogens (tertiary/aromatic N) is 3. The minimum absolute atomic E-state index is 0.0382. The molecule has 0 radical (unpaired) electrons. The van der Waals surface area contributed by atoms with E-state index in [2.05, 4.69) is 4.98 Å². The zero-order valence-electron chi connectivity index (χ0n) is 19.6. The molecule has 1 unspecified atom stereocenters. The van der Waals surface area contributed by atoms with Crippen molar-refractivity contribution < 1.29 is 19.1 Å². The summed E-state index contributed by atoms with van der Waals surface area (Å²) in [6.45, 7) is 3.73. The van der Waals surface area contributed by atoms with Gasteiger partial charge in [-0.05, 0) is 37.6 Å². The van der Waals surface area contributed by atoms with Gasteiger partial charge in [0.05, 0.1) is 18.7 Å². The van der Waals surface area contributed by atoms with Gasteiger partial charge in [0.15, 0.2) is 0 Å². The SMILES string of the molecule is CCOC(=O)C1=C(N)Oc2cc(C)n(Cc3ccncc3)c(=O)c2C12C(=O)N(C)c1ccccc12. The molecule has 1 aromatic carbocycles. The number of carbonyl (C=O) groups excluding carboxylic acids is 2. The fourth-order valence-electron chi connectivity index (χ4n) is 5.01. The molecular formula is C26H24N4O5. The van der Waals surface area contributed by atoms with E-state index in [1.54, 1.807) is 68.2 Å². The van der Waals surface area contributed by atoms with E-state index in [1.165, 1.54) is 4.90 Å². The van der Waals surface area contributed by atoms with Crippen LogP contribution in [0.25, 0.3) is 0 Å². The van der Waals surface area contributed by atoms with Crippen LogP contribution in [-0.2, 0) is 26.3 Å². The van der Waals surface area contributed by atoms with Crippen molar-refractivity contribution in [3.8, 4) is 5.75 Å². The van der Waals surface area contributed by atoms with E-state index in [0.29, 0.717) is 16.9 Å². The molecule has 2 aliphatic heterocycles. The molecule has 1 amide bonds. The summed E-state index contributed by atoms with van der Waals surface area (Å²) in [5.41, 5.74) is 6.37. The van der Waals surface area contributed by atoms with E-state index in [9.17, 15) is 14.4 Å². The number of aromatic nitrogens is 2. The molecule has 9 nitrogen and oxygen atoms in total. The number of esters is 1. The summed E-state index contributed by atoms with van der Waals surface area (Å²) in [4.78, 5) is 47.0. The van der Waals surface area contributed by atoms with Crippen LogP contribution in [0.5, 0.6) is 5.75 Å². The topological polar surface area (TPSA) is 117 Å². The minimum atomic E-state index is -1.81. The van der Waals surface area contributed by atoms with Gasteiger partial charge in [0.1, 0.15) is 16.7 Å². The van der Waals surface area contributed by atoms with Crippen molar-refractivity contribution in [1.82, 2.24) is 9.55 Å². The second kappa shape index (κ2) is 8.12. The third-order valence-corrected chi connectivity index (χ3v) is 6.55. The van der Waals surface area contributed by atoms with Gasteiger partial charge in [-0.2, -0.15) is 0 Å². The third kappa shape index (κ3) is 3.08. The fraction of sp³-hybridized carbons (Fsp3) is 0.231. The molecule has 3 aromatic rings. The van der Waals surface area contributed by atoms with E-state index in [0.717, 1.165) is 5.56 Å². The van der Waals surface area contributed by atoms with Crippen LogP contribution < -0.4 is 20.9 Å². The number of anilines is 1. The molecule has 2 N–H and O–H groups in total. The second-order valence-corrected chi connectivity index (χ2v) is 8.46. The van der Waals surface area contributed by atoms with Crippen molar-refractivity contribution in [2.24, 2.45) is 5.73 Å². The monoisotopic (exact) mass is 472 g/mol. The van der Waals surface area contributed by atoms with Crippen molar-refractivity contribution in [3.63, 3.8) is 0 Å². The van der Waals surface area contributed by atoms with Crippen LogP contribution >= 0.6 is 0 Å². The number of hydrogen-bond donors (Lipinski definition) is 1. The number of hydrogen-bond acceptors (Lipinski definition) is 7. The number of amides is 1. The predicted octanol–water partition coefficient (Wildman–Crippen LogP) is 1.99. The van der Waals surface area contributed by atoms with Crippen LogP contribution in [0.2, 0.25) is 0 Å². The van der Waals surface area contributed by atoms with Crippen LogP contribution in [0.4, 0.5) is 5.69 Å². The highest BCUT2D eigenvalue weighted by Gasteiger charge is 2.62. The number of nitrogens with two attached hydrogens (primary N) is 1. The minimum Gasteiger partial charge on any atom is -0.462 e. The number of benzene rings is 1. The van der Waals surface area contributed by atoms with E-state index < -0.39 is 22.9 Å². The Kier molecular flexibility index (Phi) is 5.20. The molecule has 5 rings (SSSR count). The van der Waals surface area contributed by atoms with Crippen molar-refractivity contribution >= 4 is 17.6 Å². The Labute approximate surface area is 201 Å². The number of rotatable bonds is 4. The second-order valence-electron chi connectivity index (χ2n) is 8.46. The summed E-state index contributed by atoms with van der Waals surface area (Å²) in [6.07, 6.45) is 3.29. The molecule has 2 aliphatic rings. The number of para-hydroxylation sites is 1. The molecule has 0 saturated carbocycles. The largest absolute Gasteiger partial charge is 0.462 e. The van der Waals surface area contributed by atoms with Gasteiger partial charge in [0.2, 0.25) is 11.8 Å². The van der Waals surface area contributed by atoms with Gasteiger partial charge >= 0.3 is 5.97 Å². The number of aryl methyl sites for hydroxylation is 1. The lowest BCUT2D eigenvalue weighted by atomic mass is 9.68. The molecule has 0 fully saturated rings. The highest BCUT2D eigenvalue weighted by molar-refractivity contribution is 6.18. The molecule has 9 heteroatoms. The highest BCUT2D eigenvalue weighted by Crippen LogP contribution is 2.54. The molecule has 0 aliphatic carbocycles. The third-order valence-electron chi connectivity index (χ3n) is 6.55. The summed E-state index contributed by atoms with van der Waals surface area (Å²) in [5.74, 6) is -1.41.